The van der Waals surface area contributed by atoms with Crippen molar-refractivity contribution in [3.63, 3.8) is 0 Å². The standard InChI is InChI=1S/C19H21N3O4/c1-4-6-12-9-13-15(18(23)22(12)2)14(11-7-5-8-21-10-11)16(17(20)26-13)19(24)25-3/h5,7-10,14H,4,6,20H2,1-3H3. The number of aryl methyl sites for hydroxylation is 1. The number of fused-ring (bicyclic) bond motifs is 1. The Kier molecular flexibility index (Phi) is 4.79. The minimum absolute atomic E-state index is 0.0612. The predicted molar refractivity (Wildman–Crippen MR) is 95.6 cm³/mol. The summed E-state index contributed by atoms with van der Waals surface area (Å²) in [7, 11) is 2.98. The van der Waals surface area contributed by atoms with E-state index in [1.165, 1.54) is 7.11 Å². The van der Waals surface area contributed by atoms with Gasteiger partial charge in [-0.05, 0) is 18.1 Å². The number of esters is 1. The summed E-state index contributed by atoms with van der Waals surface area (Å²) >= 11 is 0. The van der Waals surface area contributed by atoms with Gasteiger partial charge in [-0.1, -0.05) is 19.4 Å². The van der Waals surface area contributed by atoms with Crippen molar-refractivity contribution in [2.45, 2.75) is 25.7 Å². The molecular weight excluding hydrogens is 334 g/mol. The van der Waals surface area contributed by atoms with E-state index in [-0.39, 0.29) is 17.0 Å². The minimum atomic E-state index is -0.700. The molecule has 2 aromatic heterocycles. The van der Waals surface area contributed by atoms with Crippen LogP contribution in [0.5, 0.6) is 5.75 Å². The van der Waals surface area contributed by atoms with Crippen molar-refractivity contribution in [1.29, 1.82) is 0 Å². The van der Waals surface area contributed by atoms with Crippen LogP contribution in [0.2, 0.25) is 0 Å². The zero-order valence-corrected chi connectivity index (χ0v) is 15.0. The lowest BCUT2D eigenvalue weighted by atomic mass is 9.84. The second-order valence-electron chi connectivity index (χ2n) is 6.12. The van der Waals surface area contributed by atoms with Gasteiger partial charge in [0.25, 0.3) is 5.56 Å². The first-order valence-electron chi connectivity index (χ1n) is 8.38. The molecule has 0 saturated heterocycles. The molecule has 7 nitrogen and oxygen atoms in total. The van der Waals surface area contributed by atoms with Crippen LogP contribution in [-0.2, 0) is 23.0 Å². The van der Waals surface area contributed by atoms with Crippen molar-refractivity contribution in [2.75, 3.05) is 7.11 Å². The van der Waals surface area contributed by atoms with E-state index >= 15 is 0 Å². The lowest BCUT2D eigenvalue weighted by molar-refractivity contribution is -0.136. The van der Waals surface area contributed by atoms with Gasteiger partial charge in [0, 0.05) is 31.2 Å². The number of nitrogens with zero attached hydrogens (tertiary/aromatic N) is 2. The third kappa shape index (κ3) is 2.85. The second-order valence-corrected chi connectivity index (χ2v) is 6.12. The van der Waals surface area contributed by atoms with Crippen LogP contribution in [0.3, 0.4) is 0 Å². The lowest BCUT2D eigenvalue weighted by Gasteiger charge is -2.28. The van der Waals surface area contributed by atoms with Crippen molar-refractivity contribution in [2.24, 2.45) is 12.8 Å². The number of pyridine rings is 2. The maximum Gasteiger partial charge on any atom is 0.340 e. The predicted octanol–water partition coefficient (Wildman–Crippen LogP) is 1.60. The number of hydrogen-bond donors (Lipinski definition) is 1. The monoisotopic (exact) mass is 355 g/mol. The molecule has 3 rings (SSSR count). The SMILES string of the molecule is CCCc1cc2c(c(=O)n1C)C(c1cccnc1)C(C(=O)OC)=C(N)O2. The number of carbonyl (C=O) groups is 1. The van der Waals surface area contributed by atoms with Crippen LogP contribution in [-0.4, -0.2) is 22.6 Å². The molecule has 2 aromatic rings. The van der Waals surface area contributed by atoms with Gasteiger partial charge in [-0.25, -0.2) is 4.79 Å². The minimum Gasteiger partial charge on any atom is -0.465 e. The Morgan fingerprint density at radius 1 is 1.46 bits per heavy atom. The molecule has 26 heavy (non-hydrogen) atoms. The van der Waals surface area contributed by atoms with Crippen molar-refractivity contribution >= 4 is 5.97 Å². The molecule has 1 aliphatic rings. The van der Waals surface area contributed by atoms with Gasteiger partial charge in [0.15, 0.2) is 0 Å². The Morgan fingerprint density at radius 3 is 2.85 bits per heavy atom. The largest absolute Gasteiger partial charge is 0.465 e. The van der Waals surface area contributed by atoms with Crippen LogP contribution in [0, 0.1) is 0 Å². The fourth-order valence-corrected chi connectivity index (χ4v) is 3.26. The topological polar surface area (TPSA) is 96.4 Å². The smallest absolute Gasteiger partial charge is 0.340 e. The molecule has 0 aromatic carbocycles. The molecule has 0 bridgehead atoms. The zero-order chi connectivity index (χ0) is 18.8. The molecule has 3 heterocycles. The average Bonchev–Trinajstić information content (AvgIpc) is 2.65. The van der Waals surface area contributed by atoms with Crippen molar-refractivity contribution in [3.8, 4) is 5.75 Å². The van der Waals surface area contributed by atoms with E-state index in [1.807, 2.05) is 13.0 Å². The highest BCUT2D eigenvalue weighted by molar-refractivity contribution is 5.92. The van der Waals surface area contributed by atoms with E-state index in [2.05, 4.69) is 4.98 Å². The van der Waals surface area contributed by atoms with E-state index in [0.29, 0.717) is 16.9 Å². The van der Waals surface area contributed by atoms with Crippen molar-refractivity contribution in [3.05, 3.63) is 69.2 Å². The highest BCUT2D eigenvalue weighted by atomic mass is 16.5. The maximum atomic E-state index is 13.1. The number of ether oxygens (including phenoxy) is 2. The Balaban J connectivity index is 2.30. The summed E-state index contributed by atoms with van der Waals surface area (Å²) in [5.74, 6) is -1.03. The first-order valence-corrected chi connectivity index (χ1v) is 8.38. The van der Waals surface area contributed by atoms with Gasteiger partial charge in [-0.3, -0.25) is 9.78 Å². The van der Waals surface area contributed by atoms with Crippen LogP contribution in [0.25, 0.3) is 0 Å². The highest BCUT2D eigenvalue weighted by Gasteiger charge is 2.38. The Hall–Kier alpha value is -3.09. The zero-order valence-electron chi connectivity index (χ0n) is 15.0. The molecule has 0 amide bonds. The molecule has 0 radical (unpaired) electrons. The van der Waals surface area contributed by atoms with E-state index < -0.39 is 11.9 Å². The van der Waals surface area contributed by atoms with Crippen LogP contribution in [0.1, 0.15) is 36.1 Å². The normalized spacial score (nSPS) is 16.0. The summed E-state index contributed by atoms with van der Waals surface area (Å²) in [5.41, 5.74) is 7.78. The fourth-order valence-electron chi connectivity index (χ4n) is 3.26. The maximum absolute atomic E-state index is 13.1. The van der Waals surface area contributed by atoms with Gasteiger partial charge in [-0.15, -0.1) is 0 Å². The molecular formula is C19H21N3O4. The molecule has 2 N–H and O–H groups in total. The van der Waals surface area contributed by atoms with E-state index in [9.17, 15) is 9.59 Å². The number of rotatable bonds is 4. The van der Waals surface area contributed by atoms with Crippen molar-refractivity contribution in [1.82, 2.24) is 9.55 Å². The van der Waals surface area contributed by atoms with E-state index in [0.717, 1.165) is 18.5 Å². The van der Waals surface area contributed by atoms with E-state index in [1.54, 1.807) is 36.1 Å². The molecule has 1 aliphatic heterocycles. The third-order valence-corrected chi connectivity index (χ3v) is 4.52. The Bertz CT molecular complexity index is 932. The first kappa shape index (κ1) is 17.7. The van der Waals surface area contributed by atoms with Gasteiger partial charge in [0.05, 0.1) is 18.6 Å². The summed E-state index contributed by atoms with van der Waals surface area (Å²) in [6, 6.07) is 5.35. The van der Waals surface area contributed by atoms with Crippen molar-refractivity contribution < 1.29 is 14.3 Å². The summed E-state index contributed by atoms with van der Waals surface area (Å²) in [4.78, 5) is 29.6. The fraction of sp³-hybridized carbons (Fsp3) is 0.316. The Morgan fingerprint density at radius 2 is 2.23 bits per heavy atom. The summed E-state index contributed by atoms with van der Waals surface area (Å²) in [6.07, 6.45) is 4.84. The summed E-state index contributed by atoms with van der Waals surface area (Å²) < 4.78 is 12.1. The number of carbonyl (C=O) groups excluding carboxylic acids is 1. The molecule has 1 unspecified atom stereocenters. The first-order chi connectivity index (χ1) is 12.5. The van der Waals surface area contributed by atoms with Crippen LogP contribution in [0.15, 0.2) is 46.8 Å². The number of nitrogens with two attached hydrogens (primary N) is 1. The molecule has 7 heteroatoms. The molecule has 0 saturated carbocycles. The van der Waals surface area contributed by atoms with Gasteiger partial charge in [0.1, 0.15) is 11.3 Å². The molecule has 136 valence electrons. The molecule has 0 spiro atoms. The lowest BCUT2D eigenvalue weighted by Crippen LogP contribution is -2.34. The molecule has 0 aliphatic carbocycles. The summed E-state index contributed by atoms with van der Waals surface area (Å²) in [6.45, 7) is 2.03. The third-order valence-electron chi connectivity index (χ3n) is 4.52. The van der Waals surface area contributed by atoms with Gasteiger partial charge < -0.3 is 19.8 Å². The van der Waals surface area contributed by atoms with Gasteiger partial charge in [0.2, 0.25) is 5.88 Å². The van der Waals surface area contributed by atoms with Crippen LogP contribution >= 0.6 is 0 Å². The summed E-state index contributed by atoms with van der Waals surface area (Å²) in [5, 5.41) is 0. The Labute approximate surface area is 151 Å². The van der Waals surface area contributed by atoms with E-state index in [4.69, 9.17) is 15.2 Å². The molecule has 1 atom stereocenters. The van der Waals surface area contributed by atoms with Crippen LogP contribution in [0.4, 0.5) is 0 Å². The van der Waals surface area contributed by atoms with Crippen LogP contribution < -0.4 is 16.0 Å². The number of methoxy groups -OCH3 is 1. The second kappa shape index (κ2) is 7.03. The highest BCUT2D eigenvalue weighted by Crippen LogP contribution is 2.40. The number of hydrogen-bond acceptors (Lipinski definition) is 6. The quantitative estimate of drug-likeness (QED) is 0.837. The average molecular weight is 355 g/mol. The van der Waals surface area contributed by atoms with Gasteiger partial charge in [-0.2, -0.15) is 0 Å². The van der Waals surface area contributed by atoms with Gasteiger partial charge >= 0.3 is 5.97 Å². The molecule has 0 fully saturated rings. The number of aromatic nitrogens is 2.